The van der Waals surface area contributed by atoms with Crippen LogP contribution >= 0.6 is 0 Å². The van der Waals surface area contributed by atoms with Crippen molar-refractivity contribution < 1.29 is 24.5 Å². The molecule has 0 saturated heterocycles. The minimum atomic E-state index is -2.27. The summed E-state index contributed by atoms with van der Waals surface area (Å²) in [7, 11) is 1.10. The van der Waals surface area contributed by atoms with Crippen molar-refractivity contribution >= 4 is 5.97 Å². The van der Waals surface area contributed by atoms with Gasteiger partial charge in [0, 0.05) is 12.7 Å². The first-order chi connectivity index (χ1) is 5.45. The lowest BCUT2D eigenvalue weighted by molar-refractivity contribution is -0.342. The van der Waals surface area contributed by atoms with Crippen LogP contribution in [0.4, 0.5) is 0 Å². The zero-order chi connectivity index (χ0) is 9.78. The van der Waals surface area contributed by atoms with E-state index in [9.17, 15) is 4.79 Å². The van der Waals surface area contributed by atoms with Gasteiger partial charge in [0.2, 0.25) is 0 Å². The summed E-state index contributed by atoms with van der Waals surface area (Å²) in [4.78, 5) is 10.8. The summed E-state index contributed by atoms with van der Waals surface area (Å²) in [5.74, 6) is -3.09. The molecule has 0 aliphatic rings. The lowest BCUT2D eigenvalue weighted by atomic mass is 10.4. The quantitative estimate of drug-likeness (QED) is 0.339. The Morgan fingerprint density at radius 1 is 1.67 bits per heavy atom. The molecule has 0 rings (SSSR count). The van der Waals surface area contributed by atoms with Gasteiger partial charge in [0.05, 0.1) is 0 Å². The maximum atomic E-state index is 10.8. The third-order valence-electron chi connectivity index (χ3n) is 1.12. The topological polar surface area (TPSA) is 76.0 Å². The molecule has 5 heteroatoms. The molecule has 0 aromatic heterocycles. The van der Waals surface area contributed by atoms with Gasteiger partial charge >= 0.3 is 11.9 Å². The number of esters is 1. The van der Waals surface area contributed by atoms with E-state index >= 15 is 0 Å². The zero-order valence-electron chi connectivity index (χ0n) is 7.03. The number of rotatable bonds is 4. The fourth-order valence-corrected chi connectivity index (χ4v) is 0.370. The molecule has 5 nitrogen and oxygen atoms in total. The van der Waals surface area contributed by atoms with Crippen LogP contribution in [-0.4, -0.2) is 35.9 Å². The van der Waals surface area contributed by atoms with E-state index in [1.165, 1.54) is 6.92 Å². The normalized spacial score (nSPS) is 15.0. The summed E-state index contributed by atoms with van der Waals surface area (Å²) >= 11 is 0. The molecular formula is C7H12O5. The molecule has 0 radical (unpaired) electrons. The molecule has 0 aromatic rings. The highest BCUT2D eigenvalue weighted by molar-refractivity contribution is 5.87. The lowest BCUT2D eigenvalue weighted by Crippen LogP contribution is -2.40. The van der Waals surface area contributed by atoms with Crippen LogP contribution in [0.5, 0.6) is 0 Å². The predicted molar refractivity (Wildman–Crippen MR) is 40.0 cm³/mol. The van der Waals surface area contributed by atoms with Crippen LogP contribution in [-0.2, 0) is 14.3 Å². The third kappa shape index (κ3) is 3.00. The molecule has 1 atom stereocenters. The maximum absolute atomic E-state index is 10.8. The van der Waals surface area contributed by atoms with E-state index < -0.39 is 18.5 Å². The smallest absolute Gasteiger partial charge is 0.351 e. The number of hydrogen-bond acceptors (Lipinski definition) is 5. The van der Waals surface area contributed by atoms with E-state index in [4.69, 9.17) is 10.2 Å². The molecule has 2 N–H and O–H groups in total. The van der Waals surface area contributed by atoms with Crippen LogP contribution in [0.1, 0.15) is 6.92 Å². The van der Waals surface area contributed by atoms with Crippen molar-refractivity contribution in [3.05, 3.63) is 12.2 Å². The zero-order valence-corrected chi connectivity index (χ0v) is 7.03. The highest BCUT2D eigenvalue weighted by Crippen LogP contribution is 2.08. The second-order valence-electron chi connectivity index (χ2n) is 2.24. The summed E-state index contributed by atoms with van der Waals surface area (Å²) < 4.78 is 8.67. The van der Waals surface area contributed by atoms with E-state index in [1.54, 1.807) is 0 Å². The molecular weight excluding hydrogens is 164 g/mol. The molecule has 0 fully saturated rings. The molecule has 0 aliphatic heterocycles. The second kappa shape index (κ2) is 4.20. The highest BCUT2D eigenvalue weighted by Gasteiger charge is 2.30. The fourth-order valence-electron chi connectivity index (χ4n) is 0.370. The van der Waals surface area contributed by atoms with Gasteiger partial charge in [-0.1, -0.05) is 6.58 Å². The molecule has 1 unspecified atom stereocenters. The lowest BCUT2D eigenvalue weighted by Gasteiger charge is -2.22. The average molecular weight is 176 g/mol. The van der Waals surface area contributed by atoms with Crippen LogP contribution in [0.2, 0.25) is 0 Å². The molecule has 0 heterocycles. The SMILES string of the molecule is C=C(C)C(=O)OC(O)(CO)OC. The summed E-state index contributed by atoms with van der Waals surface area (Å²) in [6, 6.07) is 0. The van der Waals surface area contributed by atoms with E-state index in [2.05, 4.69) is 16.1 Å². The van der Waals surface area contributed by atoms with Gasteiger partial charge in [-0.05, 0) is 6.92 Å². The Morgan fingerprint density at radius 3 is 2.42 bits per heavy atom. The van der Waals surface area contributed by atoms with Crippen molar-refractivity contribution in [3.8, 4) is 0 Å². The standard InChI is InChI=1S/C7H12O5/c1-5(2)6(9)12-7(10,4-8)11-3/h8,10H,1,4H2,2-3H3. The van der Waals surface area contributed by atoms with Crippen LogP contribution in [0.15, 0.2) is 12.2 Å². The first-order valence-corrected chi connectivity index (χ1v) is 3.22. The van der Waals surface area contributed by atoms with Gasteiger partial charge in [-0.3, -0.25) is 0 Å². The van der Waals surface area contributed by atoms with Crippen molar-refractivity contribution in [1.82, 2.24) is 0 Å². The monoisotopic (exact) mass is 176 g/mol. The Kier molecular flexibility index (Phi) is 3.88. The molecule has 0 aliphatic carbocycles. The van der Waals surface area contributed by atoms with Crippen molar-refractivity contribution in [2.24, 2.45) is 0 Å². The molecule has 12 heavy (non-hydrogen) atoms. The van der Waals surface area contributed by atoms with Gasteiger partial charge in [-0.25, -0.2) is 4.79 Å². The van der Waals surface area contributed by atoms with Gasteiger partial charge in [0.25, 0.3) is 0 Å². The van der Waals surface area contributed by atoms with Crippen molar-refractivity contribution in [1.29, 1.82) is 0 Å². The van der Waals surface area contributed by atoms with Crippen LogP contribution in [0.25, 0.3) is 0 Å². The first-order valence-electron chi connectivity index (χ1n) is 3.22. The Labute approximate surface area is 70.2 Å². The van der Waals surface area contributed by atoms with Crippen molar-refractivity contribution in [3.63, 3.8) is 0 Å². The predicted octanol–water partition coefficient (Wildman–Crippen LogP) is -0.610. The molecule has 0 saturated carbocycles. The molecule has 0 aromatic carbocycles. The minimum Gasteiger partial charge on any atom is -0.402 e. The summed E-state index contributed by atoms with van der Waals surface area (Å²) in [6.45, 7) is 3.87. The summed E-state index contributed by atoms with van der Waals surface area (Å²) in [5, 5.41) is 17.6. The highest BCUT2D eigenvalue weighted by atomic mass is 16.8. The molecule has 0 bridgehead atoms. The van der Waals surface area contributed by atoms with Gasteiger partial charge in [0.1, 0.15) is 6.61 Å². The molecule has 0 amide bonds. The number of aliphatic hydroxyl groups excluding tert-OH is 1. The Bertz CT molecular complexity index is 182. The van der Waals surface area contributed by atoms with E-state index in [0.717, 1.165) is 7.11 Å². The largest absolute Gasteiger partial charge is 0.402 e. The average Bonchev–Trinajstić information content (AvgIpc) is 2.04. The van der Waals surface area contributed by atoms with Gasteiger partial charge < -0.3 is 19.7 Å². The van der Waals surface area contributed by atoms with Gasteiger partial charge in [-0.2, -0.15) is 0 Å². The molecule has 70 valence electrons. The maximum Gasteiger partial charge on any atom is 0.351 e. The summed E-state index contributed by atoms with van der Waals surface area (Å²) in [5.41, 5.74) is 0.110. The number of carbonyl (C=O) groups is 1. The minimum absolute atomic E-state index is 0.110. The van der Waals surface area contributed by atoms with Crippen LogP contribution in [0, 0.1) is 0 Å². The fraction of sp³-hybridized carbons (Fsp3) is 0.571. The van der Waals surface area contributed by atoms with Gasteiger partial charge in [-0.15, -0.1) is 0 Å². The van der Waals surface area contributed by atoms with Crippen LogP contribution in [0.3, 0.4) is 0 Å². The second-order valence-corrected chi connectivity index (χ2v) is 2.24. The number of aliphatic hydroxyl groups is 2. The molecule has 0 spiro atoms. The Balaban J connectivity index is 4.21. The Hall–Kier alpha value is -0.910. The first kappa shape index (κ1) is 11.1. The summed E-state index contributed by atoms with van der Waals surface area (Å²) in [6.07, 6.45) is 0. The number of ether oxygens (including phenoxy) is 2. The van der Waals surface area contributed by atoms with Gasteiger partial charge in [0.15, 0.2) is 0 Å². The van der Waals surface area contributed by atoms with E-state index in [0.29, 0.717) is 0 Å². The Morgan fingerprint density at radius 2 is 2.17 bits per heavy atom. The number of methoxy groups -OCH3 is 1. The number of hydrogen-bond donors (Lipinski definition) is 2. The van der Waals surface area contributed by atoms with Crippen LogP contribution < -0.4 is 0 Å². The van der Waals surface area contributed by atoms with E-state index in [1.807, 2.05) is 0 Å². The number of carbonyl (C=O) groups excluding carboxylic acids is 1. The van der Waals surface area contributed by atoms with Crippen molar-refractivity contribution in [2.45, 2.75) is 12.9 Å². The third-order valence-corrected chi connectivity index (χ3v) is 1.12. The van der Waals surface area contributed by atoms with E-state index in [-0.39, 0.29) is 5.57 Å². The van der Waals surface area contributed by atoms with Crippen molar-refractivity contribution in [2.75, 3.05) is 13.7 Å².